The third-order valence-electron chi connectivity index (χ3n) is 2.04. The lowest BCUT2D eigenvalue weighted by Crippen LogP contribution is -2.31. The van der Waals surface area contributed by atoms with E-state index in [0.29, 0.717) is 12.8 Å². The van der Waals surface area contributed by atoms with E-state index in [1.807, 2.05) is 0 Å². The van der Waals surface area contributed by atoms with Crippen LogP contribution in [0.2, 0.25) is 0 Å². The minimum Gasteiger partial charge on any atom is -0.475 e. The summed E-state index contributed by atoms with van der Waals surface area (Å²) >= 11 is 0. The second-order valence-electron chi connectivity index (χ2n) is 2.66. The second kappa shape index (κ2) is 2.30. The standard InChI is InChI=1S/C7H9NO2/c1-8-7(6(9)10)4-2-3-5-7/h2-5H2,(H,9,10). The second-order valence-corrected chi connectivity index (χ2v) is 2.66. The molecule has 0 aromatic carbocycles. The molecule has 0 saturated heterocycles. The predicted octanol–water partition coefficient (Wildman–Crippen LogP) is 1.30. The molecule has 0 bridgehead atoms. The first-order valence-corrected chi connectivity index (χ1v) is 3.33. The zero-order valence-electron chi connectivity index (χ0n) is 5.63. The lowest BCUT2D eigenvalue weighted by atomic mass is 10.00. The number of rotatable bonds is 1. The fourth-order valence-corrected chi connectivity index (χ4v) is 1.33. The highest BCUT2D eigenvalue weighted by Crippen LogP contribution is 2.33. The van der Waals surface area contributed by atoms with E-state index < -0.39 is 11.5 Å². The van der Waals surface area contributed by atoms with Crippen LogP contribution in [-0.4, -0.2) is 16.6 Å². The number of hydrogen-bond acceptors (Lipinski definition) is 1. The summed E-state index contributed by atoms with van der Waals surface area (Å²) in [5, 5.41) is 8.65. The van der Waals surface area contributed by atoms with Crippen LogP contribution in [0.1, 0.15) is 25.7 Å². The van der Waals surface area contributed by atoms with Gasteiger partial charge in [-0.2, -0.15) is 0 Å². The van der Waals surface area contributed by atoms with Crippen LogP contribution in [0.4, 0.5) is 0 Å². The molecule has 0 radical (unpaired) electrons. The molecule has 0 spiro atoms. The Hall–Kier alpha value is -1.04. The number of aliphatic carboxylic acids is 1. The first-order chi connectivity index (χ1) is 4.71. The monoisotopic (exact) mass is 139 g/mol. The summed E-state index contributed by atoms with van der Waals surface area (Å²) < 4.78 is 0. The molecule has 10 heavy (non-hydrogen) atoms. The Morgan fingerprint density at radius 2 is 2.00 bits per heavy atom. The molecule has 54 valence electrons. The van der Waals surface area contributed by atoms with Crippen molar-refractivity contribution in [3.05, 3.63) is 11.4 Å². The molecule has 0 aliphatic heterocycles. The van der Waals surface area contributed by atoms with Gasteiger partial charge in [-0.25, -0.2) is 11.4 Å². The number of carbonyl (C=O) groups is 1. The van der Waals surface area contributed by atoms with Crippen molar-refractivity contribution in [3.63, 3.8) is 0 Å². The maximum atomic E-state index is 10.5. The first-order valence-electron chi connectivity index (χ1n) is 3.33. The predicted molar refractivity (Wildman–Crippen MR) is 35.4 cm³/mol. The van der Waals surface area contributed by atoms with E-state index in [0.717, 1.165) is 12.8 Å². The Morgan fingerprint density at radius 1 is 1.50 bits per heavy atom. The van der Waals surface area contributed by atoms with Gasteiger partial charge in [0.2, 0.25) is 0 Å². The van der Waals surface area contributed by atoms with E-state index in [1.54, 1.807) is 0 Å². The minimum atomic E-state index is -1.06. The van der Waals surface area contributed by atoms with Gasteiger partial charge in [0, 0.05) is 12.8 Å². The summed E-state index contributed by atoms with van der Waals surface area (Å²) in [4.78, 5) is 13.7. The molecule has 1 aliphatic carbocycles. The fourth-order valence-electron chi connectivity index (χ4n) is 1.33. The van der Waals surface area contributed by atoms with E-state index in [1.165, 1.54) is 0 Å². The number of nitrogens with zero attached hydrogens (tertiary/aromatic N) is 1. The van der Waals surface area contributed by atoms with Crippen molar-refractivity contribution < 1.29 is 9.90 Å². The summed E-state index contributed by atoms with van der Waals surface area (Å²) in [7, 11) is 0. The maximum Gasteiger partial charge on any atom is 0.390 e. The van der Waals surface area contributed by atoms with Gasteiger partial charge < -0.3 is 5.11 Å². The van der Waals surface area contributed by atoms with Gasteiger partial charge in [0.1, 0.15) is 0 Å². The van der Waals surface area contributed by atoms with Crippen LogP contribution in [0.15, 0.2) is 0 Å². The van der Waals surface area contributed by atoms with E-state index in [4.69, 9.17) is 11.7 Å². The molecule has 0 aromatic heterocycles. The Bertz CT molecular complexity index is 186. The average Bonchev–Trinajstić information content (AvgIpc) is 2.35. The molecule has 0 aromatic rings. The molecule has 0 atom stereocenters. The highest BCUT2D eigenvalue weighted by Gasteiger charge is 2.48. The van der Waals surface area contributed by atoms with Gasteiger partial charge in [0.25, 0.3) is 0 Å². The molecule has 1 saturated carbocycles. The average molecular weight is 139 g/mol. The molecule has 0 amide bonds. The highest BCUT2D eigenvalue weighted by molar-refractivity contribution is 5.81. The molecule has 0 unspecified atom stereocenters. The minimum absolute atomic E-state index is 0.534. The molecule has 0 heterocycles. The Kier molecular flexibility index (Phi) is 1.62. The quantitative estimate of drug-likeness (QED) is 0.556. The zero-order chi connectivity index (χ0) is 7.61. The summed E-state index contributed by atoms with van der Waals surface area (Å²) in [6.07, 6.45) is 2.83. The van der Waals surface area contributed by atoms with E-state index >= 15 is 0 Å². The van der Waals surface area contributed by atoms with Gasteiger partial charge in [-0.3, -0.25) is 4.85 Å². The molecular formula is C7H9NO2. The van der Waals surface area contributed by atoms with Crippen molar-refractivity contribution in [3.8, 4) is 0 Å². The van der Waals surface area contributed by atoms with Gasteiger partial charge in [0.15, 0.2) is 0 Å². The van der Waals surface area contributed by atoms with Gasteiger partial charge in [-0.15, -0.1) is 0 Å². The normalized spacial score (nSPS) is 21.9. The van der Waals surface area contributed by atoms with Gasteiger partial charge in [-0.05, 0) is 12.8 Å². The third kappa shape index (κ3) is 0.860. The molecule has 1 rings (SSSR count). The molecule has 1 aliphatic rings. The van der Waals surface area contributed by atoms with Crippen LogP contribution < -0.4 is 0 Å². The number of carboxylic acids is 1. The van der Waals surface area contributed by atoms with Crippen LogP contribution in [0.5, 0.6) is 0 Å². The molecule has 3 nitrogen and oxygen atoms in total. The molecule has 3 heteroatoms. The van der Waals surface area contributed by atoms with E-state index in [9.17, 15) is 4.79 Å². The molecular weight excluding hydrogens is 130 g/mol. The molecule has 1 fully saturated rings. The van der Waals surface area contributed by atoms with Crippen molar-refractivity contribution >= 4 is 5.97 Å². The Labute approximate surface area is 59.5 Å². The van der Waals surface area contributed by atoms with Crippen LogP contribution in [0.25, 0.3) is 4.85 Å². The SMILES string of the molecule is [C-]#[N+]C1(C(=O)O)CCCC1. The highest BCUT2D eigenvalue weighted by atomic mass is 16.4. The van der Waals surface area contributed by atoms with Crippen molar-refractivity contribution in [2.75, 3.05) is 0 Å². The van der Waals surface area contributed by atoms with Crippen LogP contribution in [0.3, 0.4) is 0 Å². The smallest absolute Gasteiger partial charge is 0.390 e. The first kappa shape index (κ1) is 7.07. The largest absolute Gasteiger partial charge is 0.475 e. The van der Waals surface area contributed by atoms with Gasteiger partial charge in [0.05, 0.1) is 0 Å². The van der Waals surface area contributed by atoms with Gasteiger partial charge in [-0.1, -0.05) is 0 Å². The third-order valence-corrected chi connectivity index (χ3v) is 2.04. The van der Waals surface area contributed by atoms with Crippen molar-refractivity contribution in [1.29, 1.82) is 0 Å². The van der Waals surface area contributed by atoms with Crippen molar-refractivity contribution in [2.45, 2.75) is 31.2 Å². The van der Waals surface area contributed by atoms with Crippen LogP contribution >= 0.6 is 0 Å². The number of carboxylic acid groups (broad SMARTS) is 1. The Balaban J connectivity index is 2.80. The van der Waals surface area contributed by atoms with Crippen LogP contribution in [-0.2, 0) is 4.79 Å². The van der Waals surface area contributed by atoms with Crippen molar-refractivity contribution in [2.24, 2.45) is 0 Å². The fraction of sp³-hybridized carbons (Fsp3) is 0.714. The van der Waals surface area contributed by atoms with E-state index in [2.05, 4.69) is 4.85 Å². The van der Waals surface area contributed by atoms with Crippen LogP contribution in [0, 0.1) is 6.57 Å². The van der Waals surface area contributed by atoms with Gasteiger partial charge >= 0.3 is 11.5 Å². The summed E-state index contributed by atoms with van der Waals surface area (Å²) in [5.41, 5.74) is -1.06. The van der Waals surface area contributed by atoms with E-state index in [-0.39, 0.29) is 0 Å². The summed E-state index contributed by atoms with van der Waals surface area (Å²) in [6.45, 7) is 6.72. The topological polar surface area (TPSA) is 41.7 Å². The van der Waals surface area contributed by atoms with Crippen molar-refractivity contribution in [1.82, 2.24) is 0 Å². The number of hydrogen-bond donors (Lipinski definition) is 1. The Morgan fingerprint density at radius 3 is 2.20 bits per heavy atom. The zero-order valence-corrected chi connectivity index (χ0v) is 5.63. The lowest BCUT2D eigenvalue weighted by molar-refractivity contribution is -0.141. The summed E-state index contributed by atoms with van der Waals surface area (Å²) in [6, 6.07) is 0. The summed E-state index contributed by atoms with van der Waals surface area (Å²) in [5.74, 6) is -0.944. The maximum absolute atomic E-state index is 10.5. The molecule has 1 N–H and O–H groups in total. The lowest BCUT2D eigenvalue weighted by Gasteiger charge is -2.07.